The Hall–Kier alpha value is -1.56. The van der Waals surface area contributed by atoms with Gasteiger partial charge in [-0.15, -0.1) is 0 Å². The van der Waals surface area contributed by atoms with Crippen LogP contribution in [-0.4, -0.2) is 36.8 Å². The summed E-state index contributed by atoms with van der Waals surface area (Å²) >= 11 is 0. The topological polar surface area (TPSA) is 82.3 Å². The number of nitrogen functional groups attached to an aromatic ring is 1. The highest BCUT2D eigenvalue weighted by Crippen LogP contribution is 2.13. The van der Waals surface area contributed by atoms with Crippen molar-refractivity contribution in [1.29, 1.82) is 0 Å². The van der Waals surface area contributed by atoms with E-state index >= 15 is 0 Å². The minimum absolute atomic E-state index is 0.190. The van der Waals surface area contributed by atoms with E-state index in [4.69, 9.17) is 15.2 Å². The van der Waals surface area contributed by atoms with Crippen LogP contribution >= 0.6 is 0 Å². The standard InChI is InChI=1S/C11H20N4O2/c1-8(2)7-17-5-4-13-9-6-10(16-3)15-11(12)14-9/h6,8H,4-5,7H2,1-3H3,(H3,12,13,14,15). The van der Waals surface area contributed by atoms with Crippen molar-refractivity contribution < 1.29 is 9.47 Å². The lowest BCUT2D eigenvalue weighted by Crippen LogP contribution is -2.13. The highest BCUT2D eigenvalue weighted by atomic mass is 16.5. The molecule has 0 bridgehead atoms. The van der Waals surface area contributed by atoms with E-state index in [1.807, 2.05) is 0 Å². The van der Waals surface area contributed by atoms with Crippen LogP contribution in [-0.2, 0) is 4.74 Å². The maximum atomic E-state index is 5.53. The number of methoxy groups -OCH3 is 1. The largest absolute Gasteiger partial charge is 0.481 e. The molecule has 1 aromatic heterocycles. The molecule has 0 fully saturated rings. The van der Waals surface area contributed by atoms with Crippen LogP contribution in [0.2, 0.25) is 0 Å². The molecule has 6 heteroatoms. The molecule has 1 aromatic rings. The normalized spacial score (nSPS) is 10.6. The predicted octanol–water partition coefficient (Wildman–Crippen LogP) is 1.15. The molecule has 1 heterocycles. The van der Waals surface area contributed by atoms with Gasteiger partial charge in [0.05, 0.1) is 13.7 Å². The third-order valence-electron chi connectivity index (χ3n) is 1.93. The molecule has 0 spiro atoms. The van der Waals surface area contributed by atoms with Gasteiger partial charge in [0, 0.05) is 19.2 Å². The zero-order valence-corrected chi connectivity index (χ0v) is 10.6. The van der Waals surface area contributed by atoms with Gasteiger partial charge in [0.1, 0.15) is 5.82 Å². The lowest BCUT2D eigenvalue weighted by molar-refractivity contribution is 0.118. The molecule has 3 N–H and O–H groups in total. The Labute approximate surface area is 102 Å². The number of nitrogens with zero attached hydrogens (tertiary/aromatic N) is 2. The number of rotatable bonds is 7. The van der Waals surface area contributed by atoms with Gasteiger partial charge < -0.3 is 20.5 Å². The van der Waals surface area contributed by atoms with Crippen molar-refractivity contribution in [3.8, 4) is 5.88 Å². The molecular weight excluding hydrogens is 220 g/mol. The SMILES string of the molecule is COc1cc(NCCOCC(C)C)nc(N)n1. The van der Waals surface area contributed by atoms with Crippen LogP contribution in [0.3, 0.4) is 0 Å². The average molecular weight is 240 g/mol. The summed E-state index contributed by atoms with van der Waals surface area (Å²) in [6.45, 7) is 6.29. The molecule has 0 aliphatic carbocycles. The second-order valence-corrected chi connectivity index (χ2v) is 4.05. The van der Waals surface area contributed by atoms with Crippen molar-refractivity contribution in [2.24, 2.45) is 5.92 Å². The fourth-order valence-corrected chi connectivity index (χ4v) is 1.21. The third kappa shape index (κ3) is 5.35. The molecule has 0 aliphatic heterocycles. The molecule has 6 nitrogen and oxygen atoms in total. The quantitative estimate of drug-likeness (QED) is 0.696. The van der Waals surface area contributed by atoms with E-state index in [0.717, 1.165) is 6.61 Å². The highest BCUT2D eigenvalue weighted by Gasteiger charge is 2.01. The first-order chi connectivity index (χ1) is 8.11. The number of nitrogens with one attached hydrogen (secondary N) is 1. The van der Waals surface area contributed by atoms with Crippen LogP contribution in [0, 0.1) is 5.92 Å². The molecule has 96 valence electrons. The van der Waals surface area contributed by atoms with Crippen molar-refractivity contribution in [2.45, 2.75) is 13.8 Å². The minimum atomic E-state index is 0.190. The Kier molecular flexibility index (Phi) is 5.48. The zero-order chi connectivity index (χ0) is 12.7. The van der Waals surface area contributed by atoms with Crippen LogP contribution in [0.1, 0.15) is 13.8 Å². The molecule has 0 radical (unpaired) electrons. The number of nitrogens with two attached hydrogens (primary N) is 1. The third-order valence-corrected chi connectivity index (χ3v) is 1.93. The summed E-state index contributed by atoms with van der Waals surface area (Å²) in [5.41, 5.74) is 5.53. The van der Waals surface area contributed by atoms with Crippen molar-refractivity contribution in [3.63, 3.8) is 0 Å². The second-order valence-electron chi connectivity index (χ2n) is 4.05. The number of hydrogen-bond donors (Lipinski definition) is 2. The van der Waals surface area contributed by atoms with E-state index in [-0.39, 0.29) is 5.95 Å². The van der Waals surface area contributed by atoms with Crippen LogP contribution in [0.4, 0.5) is 11.8 Å². The fraction of sp³-hybridized carbons (Fsp3) is 0.636. The monoisotopic (exact) mass is 240 g/mol. The van der Waals surface area contributed by atoms with Gasteiger partial charge in [-0.05, 0) is 5.92 Å². The Balaban J connectivity index is 2.33. The van der Waals surface area contributed by atoms with Gasteiger partial charge in [-0.2, -0.15) is 9.97 Å². The van der Waals surface area contributed by atoms with Gasteiger partial charge in [0.25, 0.3) is 0 Å². The van der Waals surface area contributed by atoms with E-state index in [0.29, 0.717) is 30.8 Å². The second kappa shape index (κ2) is 6.90. The average Bonchev–Trinajstić information content (AvgIpc) is 2.27. The van der Waals surface area contributed by atoms with Crippen LogP contribution in [0.25, 0.3) is 0 Å². The van der Waals surface area contributed by atoms with Gasteiger partial charge in [-0.1, -0.05) is 13.8 Å². The van der Waals surface area contributed by atoms with E-state index in [1.165, 1.54) is 7.11 Å². The van der Waals surface area contributed by atoms with E-state index < -0.39 is 0 Å². The molecular formula is C11H20N4O2. The first-order valence-electron chi connectivity index (χ1n) is 5.62. The first kappa shape index (κ1) is 13.5. The Morgan fingerprint density at radius 1 is 1.41 bits per heavy atom. The van der Waals surface area contributed by atoms with Crippen LogP contribution < -0.4 is 15.8 Å². The molecule has 1 rings (SSSR count). The first-order valence-corrected chi connectivity index (χ1v) is 5.62. The number of ether oxygens (including phenoxy) is 2. The van der Waals surface area contributed by atoms with Crippen molar-refractivity contribution >= 4 is 11.8 Å². The predicted molar refractivity (Wildman–Crippen MR) is 67.1 cm³/mol. The lowest BCUT2D eigenvalue weighted by Gasteiger charge is -2.09. The van der Waals surface area contributed by atoms with E-state index in [2.05, 4.69) is 29.1 Å². The van der Waals surface area contributed by atoms with E-state index in [9.17, 15) is 0 Å². The Morgan fingerprint density at radius 3 is 2.82 bits per heavy atom. The molecule has 0 saturated heterocycles. The Bertz CT molecular complexity index is 344. The summed E-state index contributed by atoms with van der Waals surface area (Å²) in [6, 6.07) is 1.69. The van der Waals surface area contributed by atoms with Gasteiger partial charge in [-0.25, -0.2) is 0 Å². The van der Waals surface area contributed by atoms with Crippen molar-refractivity contribution in [1.82, 2.24) is 9.97 Å². The molecule has 0 atom stereocenters. The van der Waals surface area contributed by atoms with Gasteiger partial charge in [0.15, 0.2) is 0 Å². The number of anilines is 2. The summed E-state index contributed by atoms with van der Waals surface area (Å²) in [6.07, 6.45) is 0. The number of hydrogen-bond acceptors (Lipinski definition) is 6. The summed E-state index contributed by atoms with van der Waals surface area (Å²) in [4.78, 5) is 7.93. The van der Waals surface area contributed by atoms with Crippen LogP contribution in [0.5, 0.6) is 5.88 Å². The zero-order valence-electron chi connectivity index (χ0n) is 10.6. The smallest absolute Gasteiger partial charge is 0.225 e. The van der Waals surface area contributed by atoms with Crippen molar-refractivity contribution in [2.75, 3.05) is 37.9 Å². The molecule has 17 heavy (non-hydrogen) atoms. The minimum Gasteiger partial charge on any atom is -0.481 e. The van der Waals surface area contributed by atoms with Crippen LogP contribution in [0.15, 0.2) is 6.07 Å². The molecule has 0 aromatic carbocycles. The summed E-state index contributed by atoms with van der Waals surface area (Å²) < 4.78 is 10.4. The summed E-state index contributed by atoms with van der Waals surface area (Å²) in [5, 5.41) is 3.10. The lowest BCUT2D eigenvalue weighted by atomic mass is 10.2. The highest BCUT2D eigenvalue weighted by molar-refractivity contribution is 5.42. The molecule has 0 unspecified atom stereocenters. The summed E-state index contributed by atoms with van der Waals surface area (Å²) in [7, 11) is 1.54. The molecule has 0 saturated carbocycles. The number of aromatic nitrogens is 2. The maximum absolute atomic E-state index is 5.53. The molecule has 0 amide bonds. The van der Waals surface area contributed by atoms with Gasteiger partial charge >= 0.3 is 0 Å². The maximum Gasteiger partial charge on any atom is 0.225 e. The Morgan fingerprint density at radius 2 is 2.18 bits per heavy atom. The van der Waals surface area contributed by atoms with Crippen molar-refractivity contribution in [3.05, 3.63) is 6.07 Å². The molecule has 0 aliphatic rings. The van der Waals surface area contributed by atoms with Gasteiger partial charge in [0.2, 0.25) is 11.8 Å². The van der Waals surface area contributed by atoms with E-state index in [1.54, 1.807) is 6.07 Å². The fourth-order valence-electron chi connectivity index (χ4n) is 1.21. The summed E-state index contributed by atoms with van der Waals surface area (Å²) in [5.74, 6) is 1.82. The van der Waals surface area contributed by atoms with Gasteiger partial charge in [-0.3, -0.25) is 0 Å².